The molecule has 0 unspecified atom stereocenters. The first-order chi connectivity index (χ1) is 11.1. The van der Waals surface area contributed by atoms with Crippen molar-refractivity contribution in [1.82, 2.24) is 4.90 Å². The predicted molar refractivity (Wildman–Crippen MR) is 88.8 cm³/mol. The topological polar surface area (TPSA) is 46.6 Å². The van der Waals surface area contributed by atoms with Crippen molar-refractivity contribution in [3.05, 3.63) is 0 Å². The summed E-state index contributed by atoms with van der Waals surface area (Å²) >= 11 is 0. The minimum atomic E-state index is -0.394. The molecule has 4 atom stereocenters. The third-order valence-electron chi connectivity index (χ3n) is 6.09. The zero-order chi connectivity index (χ0) is 16.4. The van der Waals surface area contributed by atoms with Gasteiger partial charge in [-0.2, -0.15) is 0 Å². The highest BCUT2D eigenvalue weighted by atomic mass is 16.5. The maximum Gasteiger partial charge on any atom is 0.329 e. The number of carbonyl (C=O) groups is 2. The van der Waals surface area contributed by atoms with E-state index in [2.05, 4.69) is 0 Å². The zero-order valence-electron chi connectivity index (χ0n) is 14.6. The maximum atomic E-state index is 12.7. The van der Waals surface area contributed by atoms with E-state index in [4.69, 9.17) is 4.74 Å². The summed E-state index contributed by atoms with van der Waals surface area (Å²) < 4.78 is 5.89. The molecule has 0 aromatic heterocycles. The molecule has 130 valence electrons. The molecular weight excluding hydrogens is 290 g/mol. The van der Waals surface area contributed by atoms with Gasteiger partial charge in [-0.05, 0) is 43.4 Å². The van der Waals surface area contributed by atoms with Crippen molar-refractivity contribution in [1.29, 1.82) is 0 Å². The quantitative estimate of drug-likeness (QED) is 0.744. The van der Waals surface area contributed by atoms with Crippen LogP contribution in [0.4, 0.5) is 0 Å². The summed E-state index contributed by atoms with van der Waals surface area (Å²) in [4.78, 5) is 26.5. The van der Waals surface area contributed by atoms with Crippen LogP contribution in [0.25, 0.3) is 0 Å². The highest BCUT2D eigenvalue weighted by Crippen LogP contribution is 2.41. The van der Waals surface area contributed by atoms with Crippen molar-refractivity contribution in [2.24, 2.45) is 17.8 Å². The van der Waals surface area contributed by atoms with Gasteiger partial charge in [0.15, 0.2) is 0 Å². The number of rotatable bonds is 4. The van der Waals surface area contributed by atoms with Crippen molar-refractivity contribution >= 4 is 11.9 Å². The first kappa shape index (κ1) is 16.8. The van der Waals surface area contributed by atoms with Gasteiger partial charge < -0.3 is 9.64 Å². The predicted octanol–water partition coefficient (Wildman–Crippen LogP) is 3.54. The van der Waals surface area contributed by atoms with Crippen LogP contribution < -0.4 is 0 Å². The second-order valence-corrected chi connectivity index (χ2v) is 8.06. The number of fused-ring (bicyclic) bond motifs is 1. The molecule has 0 N–H and O–H groups in total. The fraction of sp³-hybridized carbons (Fsp3) is 0.895. The molecule has 1 heterocycles. The Hall–Kier alpha value is -1.06. The molecule has 3 rings (SSSR count). The van der Waals surface area contributed by atoms with Gasteiger partial charge in [-0.25, -0.2) is 4.79 Å². The van der Waals surface area contributed by atoms with Crippen LogP contribution in [-0.2, 0) is 14.3 Å². The van der Waals surface area contributed by atoms with Crippen LogP contribution in [0.3, 0.4) is 0 Å². The lowest BCUT2D eigenvalue weighted by Crippen LogP contribution is -2.47. The first-order valence-corrected chi connectivity index (χ1v) is 9.56. The van der Waals surface area contributed by atoms with Crippen LogP contribution in [0.1, 0.15) is 71.6 Å². The molecule has 1 aliphatic heterocycles. The van der Waals surface area contributed by atoms with Crippen LogP contribution in [-0.4, -0.2) is 35.5 Å². The van der Waals surface area contributed by atoms with Crippen molar-refractivity contribution < 1.29 is 14.3 Å². The molecule has 23 heavy (non-hydrogen) atoms. The number of carbonyl (C=O) groups excluding carboxylic acids is 2. The van der Waals surface area contributed by atoms with Gasteiger partial charge in [0.2, 0.25) is 5.91 Å². The monoisotopic (exact) mass is 321 g/mol. The molecule has 1 amide bonds. The third-order valence-corrected chi connectivity index (χ3v) is 6.09. The summed E-state index contributed by atoms with van der Waals surface area (Å²) in [5.41, 5.74) is 0. The lowest BCUT2D eigenvalue weighted by molar-refractivity contribution is -0.163. The van der Waals surface area contributed by atoms with Crippen molar-refractivity contribution in [3.8, 4) is 0 Å². The molecule has 3 aliphatic rings. The molecule has 0 spiro atoms. The average Bonchev–Trinajstić information content (AvgIpc) is 2.93. The minimum Gasteiger partial charge on any atom is -0.461 e. The summed E-state index contributed by atoms with van der Waals surface area (Å²) in [6, 6.07) is -0.394. The van der Waals surface area contributed by atoms with Crippen LogP contribution in [0.15, 0.2) is 0 Å². The Kier molecular flexibility index (Phi) is 5.27. The van der Waals surface area contributed by atoms with E-state index in [1.807, 2.05) is 13.8 Å². The summed E-state index contributed by atoms with van der Waals surface area (Å²) in [7, 11) is 0. The molecular formula is C19H31NO3. The minimum absolute atomic E-state index is 0.0702. The molecule has 2 saturated carbocycles. The van der Waals surface area contributed by atoms with Gasteiger partial charge in [-0.1, -0.05) is 39.5 Å². The molecule has 0 aromatic rings. The smallest absolute Gasteiger partial charge is 0.329 e. The number of hydrogen-bond donors (Lipinski definition) is 0. The Morgan fingerprint density at radius 1 is 1.09 bits per heavy atom. The molecule has 0 aromatic carbocycles. The number of ether oxygens (including phenoxy) is 1. The number of nitrogens with zero attached hydrogens (tertiary/aromatic N) is 1. The second-order valence-electron chi connectivity index (χ2n) is 8.06. The molecule has 4 nitrogen and oxygen atoms in total. The Balaban J connectivity index is 1.59. The normalized spacial score (nSPS) is 32.7. The molecule has 3 fully saturated rings. The van der Waals surface area contributed by atoms with E-state index in [9.17, 15) is 9.59 Å². The van der Waals surface area contributed by atoms with E-state index in [-0.39, 0.29) is 23.9 Å². The summed E-state index contributed by atoms with van der Waals surface area (Å²) in [5.74, 6) is 1.66. The summed E-state index contributed by atoms with van der Waals surface area (Å²) in [6.07, 6.45) is 10.1. The molecule has 0 radical (unpaired) electrons. The lowest BCUT2D eigenvalue weighted by atomic mass is 9.70. The SMILES string of the molecule is CC(C)[C@H](C(=O)O[C@@H]1CC[C@@H]2CCCC[C@H]2C1)N1CCCC1=O. The largest absolute Gasteiger partial charge is 0.461 e. The highest BCUT2D eigenvalue weighted by Gasteiger charge is 2.39. The van der Waals surface area contributed by atoms with Crippen molar-refractivity contribution in [2.45, 2.75) is 83.8 Å². The first-order valence-electron chi connectivity index (χ1n) is 9.56. The van der Waals surface area contributed by atoms with E-state index in [0.29, 0.717) is 13.0 Å². The Morgan fingerprint density at radius 3 is 2.48 bits per heavy atom. The van der Waals surface area contributed by atoms with Gasteiger partial charge in [0.25, 0.3) is 0 Å². The number of amides is 1. The van der Waals surface area contributed by atoms with Crippen molar-refractivity contribution in [3.63, 3.8) is 0 Å². The van der Waals surface area contributed by atoms with Gasteiger partial charge in [0, 0.05) is 13.0 Å². The highest BCUT2D eigenvalue weighted by molar-refractivity contribution is 5.86. The van der Waals surface area contributed by atoms with E-state index in [1.165, 1.54) is 32.1 Å². The van der Waals surface area contributed by atoms with E-state index in [1.54, 1.807) is 4.90 Å². The molecule has 1 saturated heterocycles. The van der Waals surface area contributed by atoms with Crippen LogP contribution in [0.5, 0.6) is 0 Å². The van der Waals surface area contributed by atoms with Gasteiger partial charge >= 0.3 is 5.97 Å². The van der Waals surface area contributed by atoms with E-state index < -0.39 is 6.04 Å². The molecule has 2 aliphatic carbocycles. The second kappa shape index (κ2) is 7.23. The van der Waals surface area contributed by atoms with Crippen molar-refractivity contribution in [2.75, 3.05) is 6.54 Å². The number of likely N-dealkylation sites (tertiary alicyclic amines) is 1. The average molecular weight is 321 g/mol. The summed E-state index contributed by atoms with van der Waals surface area (Å²) in [5, 5.41) is 0. The number of esters is 1. The van der Waals surface area contributed by atoms with Gasteiger partial charge in [-0.15, -0.1) is 0 Å². The molecule has 4 heteroatoms. The van der Waals surface area contributed by atoms with Gasteiger partial charge in [0.05, 0.1) is 0 Å². The Morgan fingerprint density at radius 2 is 1.83 bits per heavy atom. The van der Waals surface area contributed by atoms with Crippen LogP contribution in [0.2, 0.25) is 0 Å². The van der Waals surface area contributed by atoms with Gasteiger partial charge in [0.1, 0.15) is 12.1 Å². The van der Waals surface area contributed by atoms with Crippen LogP contribution in [0, 0.1) is 17.8 Å². The summed E-state index contributed by atoms with van der Waals surface area (Å²) in [6.45, 7) is 4.72. The van der Waals surface area contributed by atoms with E-state index >= 15 is 0 Å². The maximum absolute atomic E-state index is 12.7. The molecule has 0 bridgehead atoms. The Labute approximate surface area is 139 Å². The fourth-order valence-corrected chi connectivity index (χ4v) is 4.89. The Bertz CT molecular complexity index is 448. The zero-order valence-corrected chi connectivity index (χ0v) is 14.6. The van der Waals surface area contributed by atoms with E-state index in [0.717, 1.165) is 31.1 Å². The standard InChI is InChI=1S/C19H31NO3/c1-13(2)18(20-11-5-8-17(20)21)19(22)23-16-10-9-14-6-3-4-7-15(14)12-16/h13-16,18H,3-12H2,1-2H3/t14-,15-,16+,18+/m0/s1. The number of hydrogen-bond acceptors (Lipinski definition) is 3. The van der Waals surface area contributed by atoms with Crippen LogP contribution >= 0.6 is 0 Å². The third kappa shape index (κ3) is 3.72. The fourth-order valence-electron chi connectivity index (χ4n) is 4.89. The van der Waals surface area contributed by atoms with Gasteiger partial charge in [-0.3, -0.25) is 4.79 Å². The lowest BCUT2D eigenvalue weighted by Gasteiger charge is -2.39.